The minimum absolute atomic E-state index is 0.402. The van der Waals surface area contributed by atoms with Crippen molar-refractivity contribution in [3.63, 3.8) is 0 Å². The summed E-state index contributed by atoms with van der Waals surface area (Å²) in [6, 6.07) is 0.402. The van der Waals surface area contributed by atoms with Gasteiger partial charge in [0.15, 0.2) is 0 Å². The second kappa shape index (κ2) is 8.76. The van der Waals surface area contributed by atoms with Crippen molar-refractivity contribution in [3.8, 4) is 0 Å². The first-order valence-electron chi connectivity index (χ1n) is 7.61. The molecule has 3 heteroatoms. The number of hydrogen-bond donors (Lipinski definition) is 1. The molecule has 108 valence electrons. The zero-order valence-electron chi connectivity index (χ0n) is 12.5. The second-order valence-corrected chi connectivity index (χ2v) is 8.77. The van der Waals surface area contributed by atoms with Crippen LogP contribution in [0, 0.1) is 5.92 Å². The van der Waals surface area contributed by atoms with E-state index in [0.29, 0.717) is 11.3 Å². The molecule has 5 unspecified atom stereocenters. The molecule has 0 bridgehead atoms. The Kier molecular flexibility index (Phi) is 8.13. The number of unbranched alkanes of at least 4 members (excludes halogenated alkanes) is 1. The lowest BCUT2D eigenvalue weighted by Gasteiger charge is -2.35. The molecule has 1 rings (SSSR count). The molecule has 5 atom stereocenters. The van der Waals surface area contributed by atoms with Gasteiger partial charge in [0.2, 0.25) is 0 Å². The molecule has 1 nitrogen and oxygen atoms in total. The maximum Gasteiger partial charge on any atom is 0.0292 e. The van der Waals surface area contributed by atoms with Gasteiger partial charge in [-0.2, -0.15) is 23.5 Å². The molecule has 0 saturated carbocycles. The van der Waals surface area contributed by atoms with E-state index in [4.69, 9.17) is 5.73 Å². The summed E-state index contributed by atoms with van der Waals surface area (Å²) in [6.45, 7) is 9.31. The van der Waals surface area contributed by atoms with Crippen molar-refractivity contribution in [3.05, 3.63) is 0 Å². The quantitative estimate of drug-likeness (QED) is 0.745. The van der Waals surface area contributed by atoms with Gasteiger partial charge in [0.1, 0.15) is 0 Å². The van der Waals surface area contributed by atoms with Gasteiger partial charge in [0.05, 0.1) is 0 Å². The van der Waals surface area contributed by atoms with Gasteiger partial charge >= 0.3 is 0 Å². The first kappa shape index (κ1) is 16.7. The summed E-state index contributed by atoms with van der Waals surface area (Å²) in [4.78, 5) is 0. The topological polar surface area (TPSA) is 26.0 Å². The fourth-order valence-corrected chi connectivity index (χ4v) is 5.63. The summed E-state index contributed by atoms with van der Waals surface area (Å²) < 4.78 is 0. The summed E-state index contributed by atoms with van der Waals surface area (Å²) in [7, 11) is 0. The van der Waals surface area contributed by atoms with Crippen LogP contribution in [0.15, 0.2) is 0 Å². The SMILES string of the molecule is CCCCC(CC)CC(N)C1CSC(C)C(C)S1. The second-order valence-electron chi connectivity index (χ2n) is 5.73. The Balaban J connectivity index is 2.36. The van der Waals surface area contributed by atoms with Crippen molar-refractivity contribution in [1.82, 2.24) is 0 Å². The van der Waals surface area contributed by atoms with E-state index in [9.17, 15) is 0 Å². The molecule has 0 aliphatic carbocycles. The Morgan fingerprint density at radius 2 is 1.94 bits per heavy atom. The van der Waals surface area contributed by atoms with Crippen molar-refractivity contribution in [2.24, 2.45) is 11.7 Å². The Morgan fingerprint density at radius 1 is 1.22 bits per heavy atom. The minimum Gasteiger partial charge on any atom is -0.327 e. The number of thioether (sulfide) groups is 2. The predicted octanol–water partition coefficient (Wildman–Crippen LogP) is 4.55. The molecular weight excluding hydrogens is 258 g/mol. The molecule has 1 heterocycles. The summed E-state index contributed by atoms with van der Waals surface area (Å²) in [6.07, 6.45) is 6.58. The molecule has 1 saturated heterocycles. The van der Waals surface area contributed by atoms with Crippen molar-refractivity contribution in [1.29, 1.82) is 0 Å². The molecule has 0 amide bonds. The molecule has 1 aliphatic rings. The smallest absolute Gasteiger partial charge is 0.0292 e. The van der Waals surface area contributed by atoms with Gasteiger partial charge in [-0.25, -0.2) is 0 Å². The van der Waals surface area contributed by atoms with E-state index < -0.39 is 0 Å². The summed E-state index contributed by atoms with van der Waals surface area (Å²) >= 11 is 4.25. The van der Waals surface area contributed by atoms with E-state index in [0.717, 1.165) is 16.4 Å². The molecule has 0 aromatic rings. The largest absolute Gasteiger partial charge is 0.327 e. The number of nitrogens with two attached hydrogens (primary N) is 1. The van der Waals surface area contributed by atoms with Crippen LogP contribution in [-0.2, 0) is 0 Å². The van der Waals surface area contributed by atoms with Gasteiger partial charge in [0.25, 0.3) is 0 Å². The third-order valence-electron chi connectivity index (χ3n) is 4.20. The van der Waals surface area contributed by atoms with Crippen LogP contribution in [0.5, 0.6) is 0 Å². The highest BCUT2D eigenvalue weighted by Gasteiger charge is 2.30. The monoisotopic (exact) mass is 289 g/mol. The van der Waals surface area contributed by atoms with E-state index in [1.807, 2.05) is 0 Å². The van der Waals surface area contributed by atoms with Crippen molar-refractivity contribution in [2.45, 2.75) is 81.6 Å². The van der Waals surface area contributed by atoms with E-state index in [2.05, 4.69) is 51.2 Å². The van der Waals surface area contributed by atoms with Crippen LogP contribution in [0.1, 0.15) is 59.8 Å². The molecule has 0 radical (unpaired) electrons. The van der Waals surface area contributed by atoms with Gasteiger partial charge < -0.3 is 5.73 Å². The van der Waals surface area contributed by atoms with Crippen molar-refractivity contribution >= 4 is 23.5 Å². The first-order chi connectivity index (χ1) is 8.58. The molecule has 0 aromatic heterocycles. The first-order valence-corrected chi connectivity index (χ1v) is 9.60. The van der Waals surface area contributed by atoms with Gasteiger partial charge in [-0.15, -0.1) is 0 Å². The lowest BCUT2D eigenvalue weighted by molar-refractivity contribution is 0.383. The predicted molar refractivity (Wildman–Crippen MR) is 88.7 cm³/mol. The fraction of sp³-hybridized carbons (Fsp3) is 1.00. The lowest BCUT2D eigenvalue weighted by atomic mass is 9.91. The van der Waals surface area contributed by atoms with E-state index in [-0.39, 0.29) is 0 Å². The van der Waals surface area contributed by atoms with Crippen LogP contribution in [0.25, 0.3) is 0 Å². The minimum atomic E-state index is 0.402. The average Bonchev–Trinajstić information content (AvgIpc) is 2.37. The van der Waals surface area contributed by atoms with Crippen molar-refractivity contribution in [2.75, 3.05) is 5.75 Å². The Hall–Kier alpha value is 0.660. The zero-order valence-corrected chi connectivity index (χ0v) is 14.2. The van der Waals surface area contributed by atoms with Gasteiger partial charge in [-0.3, -0.25) is 0 Å². The molecule has 1 fully saturated rings. The summed E-state index contributed by atoms with van der Waals surface area (Å²) in [5, 5.41) is 2.23. The maximum atomic E-state index is 6.47. The number of rotatable bonds is 7. The van der Waals surface area contributed by atoms with Crippen LogP contribution < -0.4 is 5.73 Å². The Morgan fingerprint density at radius 3 is 2.50 bits per heavy atom. The van der Waals surface area contributed by atoms with Gasteiger partial charge in [-0.1, -0.05) is 53.4 Å². The van der Waals surface area contributed by atoms with Crippen LogP contribution in [-0.4, -0.2) is 27.5 Å². The van der Waals surface area contributed by atoms with E-state index >= 15 is 0 Å². The summed E-state index contributed by atoms with van der Waals surface area (Å²) in [5.74, 6) is 2.10. The zero-order chi connectivity index (χ0) is 13.5. The normalized spacial score (nSPS) is 32.2. The number of hydrogen-bond acceptors (Lipinski definition) is 3. The summed E-state index contributed by atoms with van der Waals surface area (Å²) in [5.41, 5.74) is 6.47. The van der Waals surface area contributed by atoms with E-state index in [1.165, 1.54) is 37.9 Å². The molecule has 18 heavy (non-hydrogen) atoms. The fourth-order valence-electron chi connectivity index (χ4n) is 2.55. The van der Waals surface area contributed by atoms with Crippen LogP contribution in [0.3, 0.4) is 0 Å². The average molecular weight is 290 g/mol. The highest BCUT2D eigenvalue weighted by Crippen LogP contribution is 2.38. The highest BCUT2D eigenvalue weighted by molar-refractivity contribution is 8.07. The lowest BCUT2D eigenvalue weighted by Crippen LogP contribution is -2.40. The van der Waals surface area contributed by atoms with Gasteiger partial charge in [0, 0.05) is 27.5 Å². The molecule has 0 spiro atoms. The van der Waals surface area contributed by atoms with Crippen LogP contribution in [0.4, 0.5) is 0 Å². The van der Waals surface area contributed by atoms with Gasteiger partial charge in [-0.05, 0) is 12.3 Å². The van der Waals surface area contributed by atoms with Crippen LogP contribution >= 0.6 is 23.5 Å². The van der Waals surface area contributed by atoms with E-state index in [1.54, 1.807) is 0 Å². The van der Waals surface area contributed by atoms with Crippen molar-refractivity contribution < 1.29 is 0 Å². The molecule has 0 aromatic carbocycles. The Bertz CT molecular complexity index is 223. The highest BCUT2D eigenvalue weighted by atomic mass is 32.2. The molecular formula is C15H31NS2. The maximum absolute atomic E-state index is 6.47. The third kappa shape index (κ3) is 5.34. The van der Waals surface area contributed by atoms with Crippen LogP contribution in [0.2, 0.25) is 0 Å². The Labute approximate surface area is 122 Å². The standard InChI is InChI=1S/C15H31NS2/c1-5-7-8-13(6-2)9-14(16)15-10-17-11(3)12(4)18-15/h11-15H,5-10,16H2,1-4H3. The molecule has 1 aliphatic heterocycles. The third-order valence-corrected chi connectivity index (χ3v) is 7.77. The molecule has 2 N–H and O–H groups in total.